The van der Waals surface area contributed by atoms with Gasteiger partial charge in [0.25, 0.3) is 0 Å². The van der Waals surface area contributed by atoms with Crippen molar-refractivity contribution in [3.63, 3.8) is 0 Å². The van der Waals surface area contributed by atoms with Crippen molar-refractivity contribution in [2.75, 3.05) is 0 Å². The van der Waals surface area contributed by atoms with Gasteiger partial charge in [0.2, 0.25) is 0 Å². The summed E-state index contributed by atoms with van der Waals surface area (Å²) in [7, 11) is 0. The van der Waals surface area contributed by atoms with Crippen molar-refractivity contribution in [3.05, 3.63) is 65.7 Å². The van der Waals surface area contributed by atoms with Crippen LogP contribution in [0.3, 0.4) is 0 Å². The minimum absolute atomic E-state index is 0.532. The van der Waals surface area contributed by atoms with Crippen molar-refractivity contribution in [1.29, 1.82) is 0 Å². The van der Waals surface area contributed by atoms with Gasteiger partial charge in [-0.15, -0.1) is 5.10 Å². The van der Waals surface area contributed by atoms with E-state index in [1.165, 1.54) is 50.5 Å². The van der Waals surface area contributed by atoms with Crippen LogP contribution in [0.1, 0.15) is 81.4 Å². The zero-order valence-corrected chi connectivity index (χ0v) is 20.0. The topological polar surface area (TPSA) is 85.2 Å². The van der Waals surface area contributed by atoms with Crippen LogP contribution in [0, 0.1) is 0 Å². The Labute approximate surface area is 201 Å². The van der Waals surface area contributed by atoms with Gasteiger partial charge in [-0.05, 0) is 46.4 Å². The second-order valence-corrected chi connectivity index (χ2v) is 9.32. The number of aromatic nitrogens is 7. The van der Waals surface area contributed by atoms with Crippen LogP contribution in [0.15, 0.2) is 48.5 Å². The van der Waals surface area contributed by atoms with E-state index < -0.39 is 0 Å². The second-order valence-electron chi connectivity index (χ2n) is 9.32. The van der Waals surface area contributed by atoms with Gasteiger partial charge in [0.15, 0.2) is 11.6 Å². The molecule has 7 heteroatoms. The van der Waals surface area contributed by atoms with E-state index in [0.29, 0.717) is 11.7 Å². The SMILES string of the molecule is CCCCCn1nc(C2CCCCC2)nc1Cc1ccc(-c2ccccc2-c2nnn[nH]2)cc1. The molecule has 0 saturated heterocycles. The lowest BCUT2D eigenvalue weighted by Gasteiger charge is -2.18. The van der Waals surface area contributed by atoms with Gasteiger partial charge in [-0.2, -0.15) is 5.10 Å². The van der Waals surface area contributed by atoms with E-state index >= 15 is 0 Å². The molecule has 0 unspecified atom stereocenters. The number of hydrogen-bond acceptors (Lipinski definition) is 5. The number of nitrogens with one attached hydrogen (secondary N) is 1. The second kappa shape index (κ2) is 10.7. The predicted molar refractivity (Wildman–Crippen MR) is 133 cm³/mol. The molecule has 0 bridgehead atoms. The number of rotatable bonds is 9. The lowest BCUT2D eigenvalue weighted by molar-refractivity contribution is 0.424. The molecule has 0 amide bonds. The first-order valence-corrected chi connectivity index (χ1v) is 12.7. The van der Waals surface area contributed by atoms with Gasteiger partial charge in [-0.25, -0.2) is 14.8 Å². The smallest absolute Gasteiger partial charge is 0.180 e. The summed E-state index contributed by atoms with van der Waals surface area (Å²) in [6, 6.07) is 17.0. The summed E-state index contributed by atoms with van der Waals surface area (Å²) < 4.78 is 2.18. The fourth-order valence-corrected chi connectivity index (χ4v) is 4.95. The van der Waals surface area contributed by atoms with Crippen LogP contribution in [0.2, 0.25) is 0 Å². The molecule has 4 aromatic rings. The highest BCUT2D eigenvalue weighted by molar-refractivity contribution is 5.80. The van der Waals surface area contributed by atoms with Crippen molar-refractivity contribution in [2.24, 2.45) is 0 Å². The van der Waals surface area contributed by atoms with Crippen molar-refractivity contribution in [2.45, 2.75) is 77.2 Å². The van der Waals surface area contributed by atoms with Crippen molar-refractivity contribution < 1.29 is 0 Å². The molecule has 1 fully saturated rings. The molecule has 34 heavy (non-hydrogen) atoms. The highest BCUT2D eigenvalue weighted by Gasteiger charge is 2.21. The summed E-state index contributed by atoms with van der Waals surface area (Å²) in [5.74, 6) is 3.37. The third-order valence-electron chi connectivity index (χ3n) is 6.86. The molecular formula is C27H33N7. The summed E-state index contributed by atoms with van der Waals surface area (Å²) in [6.07, 6.45) is 10.8. The zero-order chi connectivity index (χ0) is 23.2. The van der Waals surface area contributed by atoms with Crippen LogP contribution in [0.4, 0.5) is 0 Å². The molecular weight excluding hydrogens is 422 g/mol. The maximum atomic E-state index is 5.06. The first-order valence-electron chi connectivity index (χ1n) is 12.7. The highest BCUT2D eigenvalue weighted by Crippen LogP contribution is 2.32. The van der Waals surface area contributed by atoms with Crippen LogP contribution in [0.25, 0.3) is 22.5 Å². The number of tetrazole rings is 1. The molecule has 1 aliphatic carbocycles. The predicted octanol–water partition coefficient (Wildman–Crippen LogP) is 5.95. The minimum atomic E-state index is 0.532. The summed E-state index contributed by atoms with van der Waals surface area (Å²) in [5, 5.41) is 19.4. The van der Waals surface area contributed by atoms with Gasteiger partial charge in [0, 0.05) is 24.4 Å². The van der Waals surface area contributed by atoms with E-state index in [1.54, 1.807) is 0 Å². The molecule has 1 saturated carbocycles. The Hall–Kier alpha value is -3.35. The third-order valence-corrected chi connectivity index (χ3v) is 6.86. The molecule has 176 valence electrons. The van der Waals surface area contributed by atoms with E-state index in [1.807, 2.05) is 18.2 Å². The van der Waals surface area contributed by atoms with E-state index in [4.69, 9.17) is 10.1 Å². The van der Waals surface area contributed by atoms with Gasteiger partial charge in [-0.1, -0.05) is 87.6 Å². The molecule has 0 aliphatic heterocycles. The maximum absolute atomic E-state index is 5.06. The molecule has 1 N–H and O–H groups in total. The number of H-pyrrole nitrogens is 1. The standard InChI is InChI=1S/C27H33N7/c1-2-3-9-18-34-25(28-26(31-34)22-10-5-4-6-11-22)19-20-14-16-21(17-15-20)23-12-7-8-13-24(23)27-29-32-33-30-27/h7-8,12-17,22H,2-6,9-11,18-19H2,1H3,(H,29,30,32,33). The molecule has 2 heterocycles. The molecule has 2 aromatic heterocycles. The van der Waals surface area contributed by atoms with Gasteiger partial charge in [-0.3, -0.25) is 0 Å². The van der Waals surface area contributed by atoms with Gasteiger partial charge < -0.3 is 0 Å². The Bertz CT molecular complexity index is 1170. The van der Waals surface area contributed by atoms with Gasteiger partial charge in [0.05, 0.1) is 0 Å². The first kappa shape index (κ1) is 22.4. The van der Waals surface area contributed by atoms with Crippen molar-refractivity contribution in [3.8, 4) is 22.5 Å². The first-order chi connectivity index (χ1) is 16.8. The van der Waals surface area contributed by atoms with E-state index in [2.05, 4.69) is 62.6 Å². The molecule has 5 rings (SSSR count). The Morgan fingerprint density at radius 3 is 2.47 bits per heavy atom. The van der Waals surface area contributed by atoms with Gasteiger partial charge >= 0.3 is 0 Å². The fraction of sp³-hybridized carbons (Fsp3) is 0.444. The normalized spacial score (nSPS) is 14.5. The Kier molecular flexibility index (Phi) is 7.08. The molecule has 7 nitrogen and oxygen atoms in total. The Morgan fingerprint density at radius 2 is 1.74 bits per heavy atom. The summed E-state index contributed by atoms with van der Waals surface area (Å²) in [6.45, 7) is 3.20. The van der Waals surface area contributed by atoms with Crippen LogP contribution in [-0.2, 0) is 13.0 Å². The lowest BCUT2D eigenvalue weighted by atomic mass is 9.89. The van der Waals surface area contributed by atoms with Crippen LogP contribution >= 0.6 is 0 Å². The van der Waals surface area contributed by atoms with Crippen molar-refractivity contribution >= 4 is 0 Å². The largest absolute Gasteiger partial charge is 0.249 e. The molecule has 0 radical (unpaired) electrons. The summed E-state index contributed by atoms with van der Waals surface area (Å²) in [4.78, 5) is 5.06. The number of unbranched alkanes of at least 4 members (excludes halogenated alkanes) is 2. The number of aryl methyl sites for hydroxylation is 1. The van der Waals surface area contributed by atoms with E-state index in [-0.39, 0.29) is 0 Å². The number of aromatic amines is 1. The molecule has 0 atom stereocenters. The number of nitrogens with zero attached hydrogens (tertiary/aromatic N) is 6. The Balaban J connectivity index is 1.37. The van der Waals surface area contributed by atoms with Gasteiger partial charge in [0.1, 0.15) is 5.82 Å². The number of hydrogen-bond donors (Lipinski definition) is 1. The monoisotopic (exact) mass is 455 g/mol. The minimum Gasteiger partial charge on any atom is -0.249 e. The molecule has 1 aliphatic rings. The summed E-state index contributed by atoms with van der Waals surface area (Å²) >= 11 is 0. The summed E-state index contributed by atoms with van der Waals surface area (Å²) in [5.41, 5.74) is 4.49. The molecule has 2 aromatic carbocycles. The zero-order valence-electron chi connectivity index (χ0n) is 20.0. The van der Waals surface area contributed by atoms with Crippen LogP contribution in [-0.4, -0.2) is 35.4 Å². The van der Waals surface area contributed by atoms with Crippen LogP contribution < -0.4 is 0 Å². The number of benzene rings is 2. The quantitative estimate of drug-likeness (QED) is 0.315. The average molecular weight is 456 g/mol. The molecule has 0 spiro atoms. The van der Waals surface area contributed by atoms with Crippen LogP contribution in [0.5, 0.6) is 0 Å². The highest BCUT2D eigenvalue weighted by atomic mass is 15.5. The lowest BCUT2D eigenvalue weighted by Crippen LogP contribution is -2.08. The van der Waals surface area contributed by atoms with Crippen molar-refractivity contribution in [1.82, 2.24) is 35.4 Å². The Morgan fingerprint density at radius 1 is 0.941 bits per heavy atom. The van der Waals surface area contributed by atoms with E-state index in [9.17, 15) is 0 Å². The average Bonchev–Trinajstić information content (AvgIpc) is 3.56. The maximum Gasteiger partial charge on any atom is 0.180 e. The van der Waals surface area contributed by atoms with E-state index in [0.717, 1.165) is 47.7 Å². The fourth-order valence-electron chi connectivity index (χ4n) is 4.95. The third kappa shape index (κ3) is 5.08.